The van der Waals surface area contributed by atoms with Gasteiger partial charge in [-0.3, -0.25) is 4.90 Å². The van der Waals surface area contributed by atoms with Crippen LogP contribution in [0.5, 0.6) is 0 Å². The zero-order valence-corrected chi connectivity index (χ0v) is 17.2. The van der Waals surface area contributed by atoms with Gasteiger partial charge in [0, 0.05) is 18.7 Å². The van der Waals surface area contributed by atoms with Crippen molar-refractivity contribution in [2.75, 3.05) is 49.3 Å². The molecule has 31 heavy (non-hydrogen) atoms. The van der Waals surface area contributed by atoms with Gasteiger partial charge in [-0.05, 0) is 19.9 Å². The number of fused-ring (bicyclic) bond motifs is 1. The molecule has 0 spiro atoms. The Morgan fingerprint density at radius 3 is 2.52 bits per heavy atom. The molecule has 2 aromatic rings. The van der Waals surface area contributed by atoms with Crippen LogP contribution in [0.25, 0.3) is 11.0 Å². The monoisotopic (exact) mass is 439 g/mol. The molecule has 0 bridgehead atoms. The second-order valence-electron chi connectivity index (χ2n) is 8.02. The summed E-state index contributed by atoms with van der Waals surface area (Å²) in [5, 5.41) is 4.17. The molecule has 0 aliphatic carbocycles. The molecule has 3 saturated heterocycles. The van der Waals surface area contributed by atoms with E-state index >= 15 is 4.39 Å². The fourth-order valence-corrected chi connectivity index (χ4v) is 4.40. The molecule has 0 radical (unpaired) electrons. The predicted molar refractivity (Wildman–Crippen MR) is 104 cm³/mol. The van der Waals surface area contributed by atoms with Crippen LogP contribution in [0.4, 0.5) is 25.1 Å². The number of rotatable bonds is 4. The van der Waals surface area contributed by atoms with E-state index < -0.39 is 31.0 Å². The molecule has 1 aromatic carbocycles. The SMILES string of the molecule is C[C@@H]1CN(c2c(C3OCCO3)cc3c(N4C[C@@H](CF)OC4=O)noc3c2F)C[C@@H](C)O1. The molecule has 11 heteroatoms. The minimum atomic E-state index is -0.902. The summed E-state index contributed by atoms with van der Waals surface area (Å²) in [7, 11) is 0. The lowest BCUT2D eigenvalue weighted by Crippen LogP contribution is -2.46. The predicted octanol–water partition coefficient (Wildman–Crippen LogP) is 2.92. The fraction of sp³-hybridized carbons (Fsp3) is 0.600. The smallest absolute Gasteiger partial charge is 0.416 e. The van der Waals surface area contributed by atoms with Gasteiger partial charge in [0.1, 0.15) is 12.8 Å². The summed E-state index contributed by atoms with van der Waals surface area (Å²) >= 11 is 0. The lowest BCUT2D eigenvalue weighted by Gasteiger charge is -2.38. The number of carbonyl (C=O) groups excluding carboxylic acids is 1. The number of nitrogens with zero attached hydrogens (tertiary/aromatic N) is 3. The van der Waals surface area contributed by atoms with Gasteiger partial charge < -0.3 is 28.4 Å². The molecule has 1 aromatic heterocycles. The molecule has 9 nitrogen and oxygen atoms in total. The van der Waals surface area contributed by atoms with Crippen LogP contribution in [0.1, 0.15) is 25.7 Å². The zero-order chi connectivity index (χ0) is 21.7. The van der Waals surface area contributed by atoms with Gasteiger partial charge in [-0.25, -0.2) is 13.6 Å². The molecule has 0 N–H and O–H groups in total. The molecule has 4 heterocycles. The Morgan fingerprint density at radius 1 is 1.16 bits per heavy atom. The Morgan fingerprint density at radius 2 is 1.87 bits per heavy atom. The van der Waals surface area contributed by atoms with Gasteiger partial charge in [0.15, 0.2) is 17.9 Å². The highest BCUT2D eigenvalue weighted by molar-refractivity contribution is 6.00. The number of hydrogen-bond donors (Lipinski definition) is 0. The van der Waals surface area contributed by atoms with Crippen LogP contribution in [0.3, 0.4) is 0 Å². The zero-order valence-electron chi connectivity index (χ0n) is 17.2. The van der Waals surface area contributed by atoms with Crippen LogP contribution in [-0.2, 0) is 18.9 Å². The highest BCUT2D eigenvalue weighted by atomic mass is 19.1. The van der Waals surface area contributed by atoms with Crippen LogP contribution in [0, 0.1) is 5.82 Å². The number of hydrogen-bond acceptors (Lipinski definition) is 8. The molecule has 0 saturated carbocycles. The van der Waals surface area contributed by atoms with Crippen molar-refractivity contribution < 1.29 is 37.0 Å². The maximum absolute atomic E-state index is 15.8. The van der Waals surface area contributed by atoms with Crippen LogP contribution in [0.15, 0.2) is 10.6 Å². The molecule has 3 fully saturated rings. The quantitative estimate of drug-likeness (QED) is 0.719. The highest BCUT2D eigenvalue weighted by Gasteiger charge is 2.38. The number of morpholine rings is 1. The molecular formula is C20H23F2N3O6. The molecule has 168 valence electrons. The number of cyclic esters (lactones) is 1. The second kappa shape index (κ2) is 7.88. The summed E-state index contributed by atoms with van der Waals surface area (Å²) in [6.07, 6.45) is -2.62. The van der Waals surface area contributed by atoms with E-state index in [0.29, 0.717) is 37.6 Å². The third kappa shape index (κ3) is 3.50. The number of alkyl halides is 1. The second-order valence-corrected chi connectivity index (χ2v) is 8.02. The van der Waals surface area contributed by atoms with Crippen molar-refractivity contribution in [2.24, 2.45) is 0 Å². The summed E-state index contributed by atoms with van der Waals surface area (Å²) in [5.41, 5.74) is 0.674. The van der Waals surface area contributed by atoms with Gasteiger partial charge in [0.25, 0.3) is 0 Å². The van der Waals surface area contributed by atoms with Crippen LogP contribution < -0.4 is 9.80 Å². The van der Waals surface area contributed by atoms with Gasteiger partial charge in [0.05, 0.1) is 43.0 Å². The van der Waals surface area contributed by atoms with E-state index in [2.05, 4.69) is 5.16 Å². The van der Waals surface area contributed by atoms with Crippen molar-refractivity contribution in [3.8, 4) is 0 Å². The van der Waals surface area contributed by atoms with E-state index in [1.165, 1.54) is 0 Å². The molecule has 3 atom stereocenters. The van der Waals surface area contributed by atoms with Crippen molar-refractivity contribution in [3.05, 3.63) is 17.4 Å². The third-order valence-electron chi connectivity index (χ3n) is 5.60. The van der Waals surface area contributed by atoms with Crippen molar-refractivity contribution in [1.82, 2.24) is 5.16 Å². The number of aromatic nitrogens is 1. The first kappa shape index (κ1) is 20.4. The van der Waals surface area contributed by atoms with E-state index in [-0.39, 0.29) is 35.5 Å². The van der Waals surface area contributed by atoms with Crippen LogP contribution in [-0.4, -0.2) is 69.1 Å². The number of halogens is 2. The van der Waals surface area contributed by atoms with Crippen LogP contribution in [0.2, 0.25) is 0 Å². The maximum Gasteiger partial charge on any atom is 0.416 e. The van der Waals surface area contributed by atoms with Crippen molar-refractivity contribution in [2.45, 2.75) is 38.4 Å². The first-order chi connectivity index (χ1) is 15.0. The van der Waals surface area contributed by atoms with E-state index in [9.17, 15) is 9.18 Å². The standard InChI is InChI=1S/C20H23F2N3O6/c1-10-7-24(8-11(2)29-10)16-13(19-27-3-4-28-19)5-14-17(15(16)22)31-23-18(14)25-9-12(6-21)30-20(25)26/h5,10-12,19H,3-4,6-9H2,1-2H3/t10-,11-,12-/m1/s1. The summed E-state index contributed by atoms with van der Waals surface area (Å²) in [4.78, 5) is 15.2. The van der Waals surface area contributed by atoms with Gasteiger partial charge in [-0.1, -0.05) is 5.16 Å². The van der Waals surface area contributed by atoms with E-state index in [1.807, 2.05) is 18.7 Å². The average molecular weight is 439 g/mol. The van der Waals surface area contributed by atoms with Crippen molar-refractivity contribution in [3.63, 3.8) is 0 Å². The number of carbonyl (C=O) groups is 1. The first-order valence-electron chi connectivity index (χ1n) is 10.3. The van der Waals surface area contributed by atoms with Gasteiger partial charge in [0.2, 0.25) is 5.58 Å². The fourth-order valence-electron chi connectivity index (χ4n) is 4.40. The lowest BCUT2D eigenvalue weighted by molar-refractivity contribution is -0.0445. The van der Waals surface area contributed by atoms with Gasteiger partial charge >= 0.3 is 6.09 Å². The number of anilines is 2. The first-order valence-corrected chi connectivity index (χ1v) is 10.3. The Kier molecular flexibility index (Phi) is 5.19. The van der Waals surface area contributed by atoms with Gasteiger partial charge in [-0.2, -0.15) is 0 Å². The van der Waals surface area contributed by atoms with Crippen molar-refractivity contribution >= 4 is 28.6 Å². The minimum Gasteiger partial charge on any atom is -0.441 e. The summed E-state index contributed by atoms with van der Waals surface area (Å²) in [5.74, 6) is -0.550. The average Bonchev–Trinajstić information content (AvgIpc) is 3.46. The Bertz CT molecular complexity index is 985. The molecule has 3 aliphatic heterocycles. The van der Waals surface area contributed by atoms with Crippen LogP contribution >= 0.6 is 0 Å². The summed E-state index contributed by atoms with van der Waals surface area (Å²) < 4.78 is 56.2. The minimum absolute atomic E-state index is 0.0371. The molecule has 1 amide bonds. The topological polar surface area (TPSA) is 86.5 Å². The summed E-state index contributed by atoms with van der Waals surface area (Å²) in [6, 6.07) is 1.66. The molecule has 0 unspecified atom stereocenters. The Labute approximate surface area is 176 Å². The largest absolute Gasteiger partial charge is 0.441 e. The number of amides is 1. The van der Waals surface area contributed by atoms with E-state index in [4.69, 9.17) is 23.5 Å². The number of ether oxygens (including phenoxy) is 4. The number of benzene rings is 1. The van der Waals surface area contributed by atoms with E-state index in [0.717, 1.165) is 4.90 Å². The molecule has 3 aliphatic rings. The summed E-state index contributed by atoms with van der Waals surface area (Å²) in [6.45, 7) is 4.71. The van der Waals surface area contributed by atoms with Gasteiger partial charge in [-0.15, -0.1) is 0 Å². The normalized spacial score (nSPS) is 27.5. The Balaban J connectivity index is 1.63. The molecular weight excluding hydrogens is 416 g/mol. The maximum atomic E-state index is 15.8. The highest BCUT2D eigenvalue weighted by Crippen LogP contribution is 2.42. The molecule has 5 rings (SSSR count). The Hall–Kier alpha value is -2.50. The van der Waals surface area contributed by atoms with E-state index in [1.54, 1.807) is 6.07 Å². The lowest BCUT2D eigenvalue weighted by atomic mass is 10.0. The van der Waals surface area contributed by atoms with Crippen molar-refractivity contribution in [1.29, 1.82) is 0 Å². The third-order valence-corrected chi connectivity index (χ3v) is 5.60.